The van der Waals surface area contributed by atoms with Gasteiger partial charge in [0.2, 0.25) is 0 Å². The predicted molar refractivity (Wildman–Crippen MR) is 101 cm³/mol. The van der Waals surface area contributed by atoms with Gasteiger partial charge < -0.3 is 4.74 Å². The lowest BCUT2D eigenvalue weighted by molar-refractivity contribution is 0.0526. The first-order chi connectivity index (χ1) is 12.2. The van der Waals surface area contributed by atoms with Crippen LogP contribution in [0.3, 0.4) is 0 Å². The third kappa shape index (κ3) is 3.13. The number of allylic oxidation sites excluding steroid dienone is 1. The van der Waals surface area contributed by atoms with E-state index in [1.807, 2.05) is 31.2 Å². The second kappa shape index (κ2) is 6.51. The lowest BCUT2D eigenvalue weighted by Crippen LogP contribution is -2.13. The number of hydrogen-bond acceptors (Lipinski definition) is 2. The first-order valence-corrected chi connectivity index (χ1v) is 9.20. The molecule has 0 N–H and O–H groups in total. The molecule has 0 radical (unpaired) electrons. The molecule has 1 saturated carbocycles. The topological polar surface area (TPSA) is 26.3 Å². The van der Waals surface area contributed by atoms with E-state index in [0.717, 1.165) is 17.4 Å². The summed E-state index contributed by atoms with van der Waals surface area (Å²) < 4.78 is 5.05. The molecule has 0 spiro atoms. The van der Waals surface area contributed by atoms with Crippen LogP contribution in [0.15, 0.2) is 54.1 Å². The van der Waals surface area contributed by atoms with Crippen molar-refractivity contribution in [3.8, 4) is 0 Å². The van der Waals surface area contributed by atoms with Crippen molar-refractivity contribution < 1.29 is 9.53 Å². The number of ether oxygens (including phenoxy) is 1. The molecule has 0 aliphatic heterocycles. The van der Waals surface area contributed by atoms with Gasteiger partial charge in [0.1, 0.15) is 0 Å². The average molecular weight is 332 g/mol. The first-order valence-electron chi connectivity index (χ1n) is 9.20. The zero-order chi connectivity index (χ0) is 17.4. The standard InChI is InChI=1S/C23H24O2/c1-3-25-23(24)17-10-8-16(9-11-17)12-15(2)22-20-7-5-4-6-18(20)13-19-14-21(19)22/h4-12,19,21-22H,3,13-14H2,1-2H3/b15-12+. The monoisotopic (exact) mass is 332 g/mol. The molecule has 2 nitrogen and oxygen atoms in total. The van der Waals surface area contributed by atoms with Crippen LogP contribution in [-0.4, -0.2) is 12.6 Å². The van der Waals surface area contributed by atoms with Crippen molar-refractivity contribution in [2.45, 2.75) is 32.6 Å². The maximum absolute atomic E-state index is 11.8. The van der Waals surface area contributed by atoms with Gasteiger partial charge in [-0.05, 0) is 67.3 Å². The average Bonchev–Trinajstić information content (AvgIpc) is 3.39. The highest BCUT2D eigenvalue weighted by Crippen LogP contribution is 2.57. The predicted octanol–water partition coefficient (Wildman–Crippen LogP) is 5.24. The Morgan fingerprint density at radius 1 is 1.16 bits per heavy atom. The van der Waals surface area contributed by atoms with Crippen LogP contribution in [0.4, 0.5) is 0 Å². The highest BCUT2D eigenvalue weighted by molar-refractivity contribution is 5.89. The van der Waals surface area contributed by atoms with Crippen molar-refractivity contribution in [3.63, 3.8) is 0 Å². The second-order valence-corrected chi connectivity index (χ2v) is 7.27. The normalized spacial score (nSPS) is 24.2. The molecule has 4 rings (SSSR count). The Hall–Kier alpha value is -2.35. The molecule has 0 amide bonds. The van der Waals surface area contributed by atoms with Crippen LogP contribution >= 0.6 is 0 Å². The van der Waals surface area contributed by atoms with E-state index < -0.39 is 0 Å². The van der Waals surface area contributed by atoms with Gasteiger partial charge >= 0.3 is 5.97 Å². The van der Waals surface area contributed by atoms with E-state index in [4.69, 9.17) is 4.74 Å². The molecule has 3 unspecified atom stereocenters. The fourth-order valence-electron chi connectivity index (χ4n) is 4.32. The maximum atomic E-state index is 11.8. The molecule has 0 bridgehead atoms. The number of carbonyl (C=O) groups excluding carboxylic acids is 1. The molecule has 3 atom stereocenters. The smallest absolute Gasteiger partial charge is 0.338 e. The van der Waals surface area contributed by atoms with Gasteiger partial charge in [0, 0.05) is 5.92 Å². The van der Waals surface area contributed by atoms with Crippen molar-refractivity contribution in [2.75, 3.05) is 6.61 Å². The highest BCUT2D eigenvalue weighted by atomic mass is 16.5. The van der Waals surface area contributed by atoms with Crippen LogP contribution in [0.5, 0.6) is 0 Å². The van der Waals surface area contributed by atoms with Crippen LogP contribution in [0.1, 0.15) is 53.2 Å². The molecule has 0 heterocycles. The van der Waals surface area contributed by atoms with E-state index in [9.17, 15) is 4.79 Å². The Morgan fingerprint density at radius 3 is 2.68 bits per heavy atom. The Morgan fingerprint density at radius 2 is 1.92 bits per heavy atom. The van der Waals surface area contributed by atoms with Crippen LogP contribution in [-0.2, 0) is 11.2 Å². The molecule has 2 aromatic carbocycles. The van der Waals surface area contributed by atoms with Crippen molar-refractivity contribution in [1.29, 1.82) is 0 Å². The van der Waals surface area contributed by atoms with Gasteiger partial charge in [-0.3, -0.25) is 0 Å². The zero-order valence-electron chi connectivity index (χ0n) is 14.9. The van der Waals surface area contributed by atoms with Gasteiger partial charge in [0.15, 0.2) is 0 Å². The van der Waals surface area contributed by atoms with Gasteiger partial charge in [-0.15, -0.1) is 0 Å². The maximum Gasteiger partial charge on any atom is 0.338 e. The quantitative estimate of drug-likeness (QED) is 0.715. The van der Waals surface area contributed by atoms with E-state index in [2.05, 4.69) is 37.3 Å². The summed E-state index contributed by atoms with van der Waals surface area (Å²) in [4.78, 5) is 11.8. The van der Waals surface area contributed by atoms with E-state index >= 15 is 0 Å². The number of hydrogen-bond donors (Lipinski definition) is 0. The third-order valence-electron chi connectivity index (χ3n) is 5.58. The minimum Gasteiger partial charge on any atom is -0.462 e. The molecule has 0 aromatic heterocycles. The molecule has 128 valence electrons. The SMILES string of the molecule is CCOC(=O)c1ccc(/C=C(\C)C2c3ccccc3CC3CC32)cc1. The summed E-state index contributed by atoms with van der Waals surface area (Å²) >= 11 is 0. The lowest BCUT2D eigenvalue weighted by Gasteiger charge is -2.26. The minimum absolute atomic E-state index is 0.253. The highest BCUT2D eigenvalue weighted by Gasteiger charge is 2.47. The molecule has 2 aromatic rings. The Balaban J connectivity index is 1.59. The van der Waals surface area contributed by atoms with Gasteiger partial charge in [-0.1, -0.05) is 48.0 Å². The Labute approximate surface area is 149 Å². The van der Waals surface area contributed by atoms with Crippen molar-refractivity contribution in [2.24, 2.45) is 11.8 Å². The summed E-state index contributed by atoms with van der Waals surface area (Å²) in [5.41, 5.74) is 6.21. The summed E-state index contributed by atoms with van der Waals surface area (Å²) in [5, 5.41) is 0. The van der Waals surface area contributed by atoms with Crippen LogP contribution < -0.4 is 0 Å². The molecule has 2 aliphatic carbocycles. The second-order valence-electron chi connectivity index (χ2n) is 7.27. The van der Waals surface area contributed by atoms with E-state index in [-0.39, 0.29) is 5.97 Å². The number of fused-ring (bicyclic) bond motifs is 2. The van der Waals surface area contributed by atoms with E-state index in [1.165, 1.54) is 29.5 Å². The third-order valence-corrected chi connectivity index (χ3v) is 5.58. The number of benzene rings is 2. The van der Waals surface area contributed by atoms with Crippen LogP contribution in [0.2, 0.25) is 0 Å². The largest absolute Gasteiger partial charge is 0.462 e. The number of carbonyl (C=O) groups is 1. The molecular formula is C23H24O2. The lowest BCUT2D eigenvalue weighted by atomic mass is 9.78. The Bertz CT molecular complexity index is 816. The number of esters is 1. The molecule has 2 heteroatoms. The van der Waals surface area contributed by atoms with Gasteiger partial charge in [0.05, 0.1) is 12.2 Å². The zero-order valence-corrected chi connectivity index (χ0v) is 14.9. The summed E-state index contributed by atoms with van der Waals surface area (Å²) in [6.07, 6.45) is 4.88. The van der Waals surface area contributed by atoms with Crippen molar-refractivity contribution in [3.05, 3.63) is 76.4 Å². The van der Waals surface area contributed by atoms with Crippen LogP contribution in [0.25, 0.3) is 6.08 Å². The fourth-order valence-corrected chi connectivity index (χ4v) is 4.32. The summed E-state index contributed by atoms with van der Waals surface area (Å²) in [6.45, 7) is 4.48. The summed E-state index contributed by atoms with van der Waals surface area (Å²) in [5.74, 6) is 1.97. The minimum atomic E-state index is -0.253. The van der Waals surface area contributed by atoms with Gasteiger partial charge in [-0.2, -0.15) is 0 Å². The summed E-state index contributed by atoms with van der Waals surface area (Å²) in [6, 6.07) is 16.6. The molecule has 0 saturated heterocycles. The van der Waals surface area contributed by atoms with E-state index in [1.54, 1.807) is 0 Å². The molecule has 25 heavy (non-hydrogen) atoms. The van der Waals surface area contributed by atoms with Gasteiger partial charge in [-0.25, -0.2) is 4.79 Å². The summed E-state index contributed by atoms with van der Waals surface area (Å²) in [7, 11) is 0. The molecule has 1 fully saturated rings. The Kier molecular flexibility index (Phi) is 4.20. The molecular weight excluding hydrogens is 308 g/mol. The van der Waals surface area contributed by atoms with Crippen LogP contribution in [0, 0.1) is 11.8 Å². The molecule has 2 aliphatic rings. The van der Waals surface area contributed by atoms with Crippen molar-refractivity contribution >= 4 is 12.0 Å². The van der Waals surface area contributed by atoms with Crippen molar-refractivity contribution in [1.82, 2.24) is 0 Å². The van der Waals surface area contributed by atoms with E-state index in [0.29, 0.717) is 18.1 Å². The van der Waals surface area contributed by atoms with Gasteiger partial charge in [0.25, 0.3) is 0 Å². The fraction of sp³-hybridized carbons (Fsp3) is 0.348. The number of rotatable bonds is 4. The first kappa shape index (κ1) is 16.1.